The fourth-order valence-electron chi connectivity index (χ4n) is 5.14. The first kappa shape index (κ1) is 53.9. The van der Waals surface area contributed by atoms with Gasteiger partial charge in [0.1, 0.15) is 42.3 Å². The number of carbonyl (C=O) groups is 10. The maximum Gasteiger partial charge on any atom is 0.325 e. The molecular formula is C35H62N12O13. The van der Waals surface area contributed by atoms with Crippen LogP contribution in [0.15, 0.2) is 0 Å². The van der Waals surface area contributed by atoms with E-state index < -0.39 is 133 Å². The first-order valence-electron chi connectivity index (χ1n) is 19.2. The molecule has 7 amide bonds. The van der Waals surface area contributed by atoms with Gasteiger partial charge in [0.25, 0.3) is 0 Å². The summed E-state index contributed by atoms with van der Waals surface area (Å²) in [6, 6.07) is -11.0. The lowest BCUT2D eigenvalue weighted by molar-refractivity contribution is -0.143. The molecule has 25 heteroatoms. The van der Waals surface area contributed by atoms with E-state index in [1.165, 1.54) is 13.8 Å². The molecule has 0 aromatic carbocycles. The lowest BCUT2D eigenvalue weighted by Gasteiger charge is -2.27. The summed E-state index contributed by atoms with van der Waals surface area (Å²) in [6.07, 6.45) is -0.305. The molecule has 8 atom stereocenters. The van der Waals surface area contributed by atoms with Gasteiger partial charge in [0.15, 0.2) is 5.96 Å². The third-order valence-electron chi connectivity index (χ3n) is 8.70. The Kier molecular flexibility index (Phi) is 24.7. The number of hydrogen-bond acceptors (Lipinski definition) is 13. The molecule has 0 heterocycles. The molecule has 0 aliphatic rings. The molecule has 0 saturated carbocycles. The van der Waals surface area contributed by atoms with E-state index in [0.717, 1.165) is 6.92 Å². The van der Waals surface area contributed by atoms with Gasteiger partial charge >= 0.3 is 17.9 Å². The van der Waals surface area contributed by atoms with Gasteiger partial charge in [-0.3, -0.25) is 53.4 Å². The topological polar surface area (TPSA) is 430 Å². The summed E-state index contributed by atoms with van der Waals surface area (Å²) in [4.78, 5) is 126. The van der Waals surface area contributed by atoms with Crippen molar-refractivity contribution in [2.75, 3.05) is 13.1 Å². The highest BCUT2D eigenvalue weighted by Gasteiger charge is 2.33. The number of carboxylic acids is 3. The Balaban J connectivity index is 5.90. The molecule has 0 unspecified atom stereocenters. The Morgan fingerprint density at radius 2 is 1.03 bits per heavy atom. The average molecular weight is 859 g/mol. The monoisotopic (exact) mass is 858 g/mol. The van der Waals surface area contributed by atoms with Crippen LogP contribution in [0, 0.1) is 11.3 Å². The molecular weight excluding hydrogens is 796 g/mol. The van der Waals surface area contributed by atoms with Crippen LogP contribution in [0.5, 0.6) is 0 Å². The molecule has 0 aromatic heterocycles. The number of carboxylic acid groups (broad SMARTS) is 3. The number of nitrogens with two attached hydrogens (primary N) is 3. The van der Waals surface area contributed by atoms with Gasteiger partial charge in [-0.1, -0.05) is 20.3 Å². The highest BCUT2D eigenvalue weighted by molar-refractivity contribution is 5.98. The number of amides is 7. The molecule has 340 valence electrons. The summed E-state index contributed by atoms with van der Waals surface area (Å²) in [5.74, 6) is -11.6. The highest BCUT2D eigenvalue weighted by Crippen LogP contribution is 2.07. The van der Waals surface area contributed by atoms with Gasteiger partial charge in [-0.05, 0) is 65.3 Å². The minimum atomic E-state index is -1.71. The van der Waals surface area contributed by atoms with Crippen LogP contribution in [0.4, 0.5) is 0 Å². The first-order chi connectivity index (χ1) is 27.9. The van der Waals surface area contributed by atoms with E-state index in [4.69, 9.17) is 27.7 Å². The normalized spacial score (nSPS) is 14.9. The summed E-state index contributed by atoms with van der Waals surface area (Å²) in [7, 11) is 0. The van der Waals surface area contributed by atoms with Crippen LogP contribution in [0.1, 0.15) is 86.0 Å². The predicted octanol–water partition coefficient (Wildman–Crippen LogP) is -4.76. The number of nitrogens with one attached hydrogen (secondary N) is 9. The second-order valence-electron chi connectivity index (χ2n) is 14.3. The largest absolute Gasteiger partial charge is 0.481 e. The van der Waals surface area contributed by atoms with Crippen LogP contribution in [0.3, 0.4) is 0 Å². The van der Waals surface area contributed by atoms with Crippen molar-refractivity contribution < 1.29 is 63.3 Å². The molecule has 0 aliphatic carbocycles. The van der Waals surface area contributed by atoms with Gasteiger partial charge in [0, 0.05) is 13.0 Å². The van der Waals surface area contributed by atoms with Crippen LogP contribution in [0.25, 0.3) is 0 Å². The second kappa shape index (κ2) is 27.6. The van der Waals surface area contributed by atoms with E-state index in [1.807, 2.05) is 5.32 Å². The number of hydrogen-bond donors (Lipinski definition) is 15. The number of guanidine groups is 1. The average Bonchev–Trinajstić information content (AvgIpc) is 3.15. The Labute approximate surface area is 346 Å². The molecule has 18 N–H and O–H groups in total. The zero-order valence-corrected chi connectivity index (χ0v) is 34.4. The smallest absolute Gasteiger partial charge is 0.325 e. The number of carbonyl (C=O) groups excluding carboxylic acids is 7. The highest BCUT2D eigenvalue weighted by atomic mass is 16.4. The van der Waals surface area contributed by atoms with Gasteiger partial charge in [0.2, 0.25) is 41.4 Å². The third kappa shape index (κ3) is 21.6. The molecule has 25 nitrogen and oxygen atoms in total. The Hall–Kier alpha value is -6.11. The van der Waals surface area contributed by atoms with E-state index in [0.29, 0.717) is 19.4 Å². The zero-order chi connectivity index (χ0) is 46.3. The van der Waals surface area contributed by atoms with E-state index >= 15 is 0 Å². The molecule has 0 fully saturated rings. The molecule has 0 aromatic rings. The molecule has 60 heavy (non-hydrogen) atoms. The quantitative estimate of drug-likeness (QED) is 0.0191. The molecule has 0 bridgehead atoms. The summed E-state index contributed by atoms with van der Waals surface area (Å²) in [5.41, 5.74) is 16.8. The van der Waals surface area contributed by atoms with E-state index in [2.05, 4.69) is 37.2 Å². The maximum absolute atomic E-state index is 13.5. The minimum Gasteiger partial charge on any atom is -0.481 e. The van der Waals surface area contributed by atoms with Crippen LogP contribution < -0.4 is 59.7 Å². The maximum atomic E-state index is 13.5. The van der Waals surface area contributed by atoms with Crippen LogP contribution in [-0.2, 0) is 47.9 Å². The van der Waals surface area contributed by atoms with Crippen LogP contribution in [0.2, 0.25) is 0 Å². The molecule has 0 rings (SSSR count). The lowest BCUT2D eigenvalue weighted by atomic mass is 10.0. The first-order valence-corrected chi connectivity index (χ1v) is 19.2. The van der Waals surface area contributed by atoms with Gasteiger partial charge in [-0.2, -0.15) is 0 Å². The lowest BCUT2D eigenvalue weighted by Crippen LogP contribution is -2.60. The van der Waals surface area contributed by atoms with Crippen molar-refractivity contribution in [1.82, 2.24) is 42.5 Å². The van der Waals surface area contributed by atoms with Crippen molar-refractivity contribution in [3.05, 3.63) is 0 Å². The summed E-state index contributed by atoms with van der Waals surface area (Å²) < 4.78 is 0. The third-order valence-corrected chi connectivity index (χ3v) is 8.70. The predicted molar refractivity (Wildman–Crippen MR) is 212 cm³/mol. The Morgan fingerprint density at radius 1 is 0.550 bits per heavy atom. The molecule has 0 saturated heterocycles. The van der Waals surface area contributed by atoms with E-state index in [1.54, 1.807) is 13.8 Å². The molecule has 0 radical (unpaired) electrons. The van der Waals surface area contributed by atoms with Gasteiger partial charge in [0.05, 0.1) is 12.5 Å². The van der Waals surface area contributed by atoms with Crippen molar-refractivity contribution in [2.24, 2.45) is 23.1 Å². The number of aliphatic carboxylic acids is 3. The summed E-state index contributed by atoms with van der Waals surface area (Å²) in [5, 5.41) is 53.8. The van der Waals surface area contributed by atoms with Crippen LogP contribution in [-0.4, -0.2) is 142 Å². The summed E-state index contributed by atoms with van der Waals surface area (Å²) >= 11 is 0. The SMILES string of the molecule is CC(C)[C@H](NC(=O)[C@H](C)NC(=O)[C@H](CCC(=O)O)NC(=O)[C@H](CCCNC(=N)N)NC(=O)[C@@H](N)CCCCN)C(=O)N[C@@H](C)C(=O)N[C@@H](CC(=O)O)C(=O)N[C@@H](C)C(=O)O. The Bertz CT molecular complexity index is 1550. The molecule has 0 aliphatic heterocycles. The standard InChI is InChI=1S/C35H62N12O13/c1-16(2)26(33(58)42-17(3)27(52)46-23(15-25(50)51)32(57)43-19(5)34(59)60)47-28(53)18(4)41-30(55)22(11-12-24(48)49)45-31(56)21(10-8-14-40-35(38)39)44-29(54)20(37)9-6-7-13-36/h16-23,26H,6-15,36-37H2,1-5H3,(H,41,55)(H,42,58)(H,43,57)(H,44,54)(H,45,56)(H,46,52)(H,47,53)(H,48,49)(H,50,51)(H,59,60)(H4,38,39,40)/t17-,18-,19-,20-,21-,22-,23-,26-/m0/s1. The van der Waals surface area contributed by atoms with Crippen molar-refractivity contribution in [3.63, 3.8) is 0 Å². The Morgan fingerprint density at radius 3 is 1.55 bits per heavy atom. The minimum absolute atomic E-state index is 0.0112. The molecule has 0 spiro atoms. The van der Waals surface area contributed by atoms with E-state index in [-0.39, 0.29) is 31.8 Å². The number of unbranched alkanes of at least 4 members (excludes halogenated alkanes) is 1. The van der Waals surface area contributed by atoms with Crippen molar-refractivity contribution in [1.29, 1.82) is 5.41 Å². The number of rotatable bonds is 29. The van der Waals surface area contributed by atoms with E-state index in [9.17, 15) is 58.2 Å². The van der Waals surface area contributed by atoms with Crippen molar-refractivity contribution >= 4 is 65.2 Å². The van der Waals surface area contributed by atoms with Gasteiger partial charge < -0.3 is 75.1 Å². The van der Waals surface area contributed by atoms with Crippen molar-refractivity contribution in [3.8, 4) is 0 Å². The summed E-state index contributed by atoms with van der Waals surface area (Å²) in [6.45, 7) is 7.19. The van der Waals surface area contributed by atoms with Crippen LogP contribution >= 0.6 is 0 Å². The van der Waals surface area contributed by atoms with Crippen molar-refractivity contribution in [2.45, 2.75) is 134 Å². The fraction of sp³-hybridized carbons (Fsp3) is 0.686. The fourth-order valence-corrected chi connectivity index (χ4v) is 5.14. The zero-order valence-electron chi connectivity index (χ0n) is 34.4. The second-order valence-corrected chi connectivity index (χ2v) is 14.3. The van der Waals surface area contributed by atoms with Gasteiger partial charge in [-0.15, -0.1) is 0 Å². The van der Waals surface area contributed by atoms with Gasteiger partial charge in [-0.25, -0.2) is 0 Å².